The first-order chi connectivity index (χ1) is 7.99. The van der Waals surface area contributed by atoms with Crippen LogP contribution < -0.4 is 0 Å². The molecule has 0 aromatic heterocycles. The molecule has 0 radical (unpaired) electrons. The zero-order valence-corrected chi connectivity index (χ0v) is 10.6. The van der Waals surface area contributed by atoms with Gasteiger partial charge in [-0.05, 0) is 58.3 Å². The Morgan fingerprint density at radius 1 is 1.53 bits per heavy atom. The van der Waals surface area contributed by atoms with Crippen molar-refractivity contribution in [2.45, 2.75) is 25.2 Å². The van der Waals surface area contributed by atoms with E-state index in [2.05, 4.69) is 15.9 Å². The molecule has 1 fully saturated rings. The van der Waals surface area contributed by atoms with E-state index in [1.54, 1.807) is 6.07 Å². The molecule has 1 aliphatic carbocycles. The molecule has 1 aliphatic rings. The number of rotatable bonds is 4. The van der Waals surface area contributed by atoms with Crippen LogP contribution in [0.2, 0.25) is 0 Å². The number of halogens is 2. The van der Waals surface area contributed by atoms with Crippen LogP contribution in [0.4, 0.5) is 4.39 Å². The van der Waals surface area contributed by atoms with E-state index >= 15 is 0 Å². The molecule has 0 bridgehead atoms. The Morgan fingerprint density at radius 3 is 2.65 bits per heavy atom. The van der Waals surface area contributed by atoms with Gasteiger partial charge in [-0.2, -0.15) is 0 Å². The Bertz CT molecular complexity index is 434. The molecule has 0 heterocycles. The van der Waals surface area contributed by atoms with E-state index in [4.69, 9.17) is 5.11 Å². The predicted octanol–water partition coefficient (Wildman–Crippen LogP) is 3.26. The van der Waals surface area contributed by atoms with Gasteiger partial charge in [0.1, 0.15) is 0 Å². The molecule has 2 N–H and O–H groups in total. The van der Waals surface area contributed by atoms with Gasteiger partial charge in [-0.3, -0.25) is 4.79 Å². The summed E-state index contributed by atoms with van der Waals surface area (Å²) >= 11 is 3.06. The summed E-state index contributed by atoms with van der Waals surface area (Å²) in [5.41, 5.74) is 0.636. The zero-order valence-electron chi connectivity index (χ0n) is 8.99. The standard InChI is InChI=1S/C12H12BrFO3/c13-9-3-7(4-10(14)12(9)17)8(5-11(15)16)6-1-2-6/h3-4,6,8,17H,1-2,5H2,(H,15,16). The zero-order chi connectivity index (χ0) is 12.6. The van der Waals surface area contributed by atoms with E-state index in [1.165, 1.54) is 6.07 Å². The molecule has 1 atom stereocenters. The quantitative estimate of drug-likeness (QED) is 0.897. The van der Waals surface area contributed by atoms with Gasteiger partial charge in [0.15, 0.2) is 11.6 Å². The predicted molar refractivity (Wildman–Crippen MR) is 63.5 cm³/mol. The molecule has 5 heteroatoms. The van der Waals surface area contributed by atoms with Crippen LogP contribution in [0.3, 0.4) is 0 Å². The first-order valence-corrected chi connectivity index (χ1v) is 6.18. The van der Waals surface area contributed by atoms with Crippen molar-refractivity contribution in [3.05, 3.63) is 28.0 Å². The maximum Gasteiger partial charge on any atom is 0.303 e. The van der Waals surface area contributed by atoms with E-state index in [0.717, 1.165) is 12.8 Å². The molecule has 17 heavy (non-hydrogen) atoms. The van der Waals surface area contributed by atoms with Crippen molar-refractivity contribution in [3.8, 4) is 5.75 Å². The molecule has 0 saturated heterocycles. The molecular formula is C12H12BrFO3. The van der Waals surface area contributed by atoms with Crippen LogP contribution in [0.5, 0.6) is 5.75 Å². The molecule has 0 aliphatic heterocycles. The van der Waals surface area contributed by atoms with Crippen molar-refractivity contribution in [2.75, 3.05) is 0 Å². The van der Waals surface area contributed by atoms with Crippen LogP contribution in [-0.4, -0.2) is 16.2 Å². The minimum absolute atomic E-state index is 0.00131. The van der Waals surface area contributed by atoms with E-state index < -0.39 is 17.5 Å². The monoisotopic (exact) mass is 302 g/mol. The van der Waals surface area contributed by atoms with Gasteiger partial charge >= 0.3 is 5.97 Å². The first kappa shape index (κ1) is 12.4. The Balaban J connectivity index is 2.32. The molecule has 92 valence electrons. The molecule has 0 spiro atoms. The molecule has 1 aromatic rings. The fourth-order valence-electron chi connectivity index (χ4n) is 2.04. The molecule has 1 saturated carbocycles. The Labute approximate surface area is 106 Å². The minimum atomic E-state index is -0.883. The second-order valence-electron chi connectivity index (χ2n) is 4.37. The van der Waals surface area contributed by atoms with Gasteiger partial charge in [0.05, 0.1) is 10.9 Å². The molecule has 3 nitrogen and oxygen atoms in total. The number of carboxylic acid groups (broad SMARTS) is 1. The summed E-state index contributed by atoms with van der Waals surface area (Å²) in [6, 6.07) is 2.83. The lowest BCUT2D eigenvalue weighted by Crippen LogP contribution is -2.08. The summed E-state index contributed by atoms with van der Waals surface area (Å²) < 4.78 is 13.7. The van der Waals surface area contributed by atoms with Crippen LogP contribution in [0, 0.1) is 11.7 Å². The Kier molecular flexibility index (Phi) is 3.38. The van der Waals surface area contributed by atoms with Crippen LogP contribution in [0.1, 0.15) is 30.7 Å². The van der Waals surface area contributed by atoms with Crippen molar-refractivity contribution in [2.24, 2.45) is 5.92 Å². The number of hydrogen-bond donors (Lipinski definition) is 2. The molecule has 0 amide bonds. The maximum atomic E-state index is 13.4. The topological polar surface area (TPSA) is 57.5 Å². The van der Waals surface area contributed by atoms with Crippen molar-refractivity contribution in [1.82, 2.24) is 0 Å². The lowest BCUT2D eigenvalue weighted by atomic mass is 9.91. The average molecular weight is 303 g/mol. The van der Waals surface area contributed by atoms with Gasteiger partial charge in [-0.1, -0.05) is 0 Å². The van der Waals surface area contributed by atoms with Crippen molar-refractivity contribution >= 4 is 21.9 Å². The highest BCUT2D eigenvalue weighted by atomic mass is 79.9. The number of hydrogen-bond acceptors (Lipinski definition) is 2. The Morgan fingerprint density at radius 2 is 2.18 bits per heavy atom. The maximum absolute atomic E-state index is 13.4. The Hall–Kier alpha value is -1.10. The highest BCUT2D eigenvalue weighted by molar-refractivity contribution is 9.10. The van der Waals surface area contributed by atoms with E-state index in [9.17, 15) is 14.3 Å². The lowest BCUT2D eigenvalue weighted by Gasteiger charge is -2.15. The molecule has 1 unspecified atom stereocenters. The van der Waals surface area contributed by atoms with E-state index in [-0.39, 0.29) is 16.8 Å². The van der Waals surface area contributed by atoms with Crippen molar-refractivity contribution in [3.63, 3.8) is 0 Å². The largest absolute Gasteiger partial charge is 0.504 e. The highest BCUT2D eigenvalue weighted by Crippen LogP contribution is 2.46. The third-order valence-corrected chi connectivity index (χ3v) is 3.66. The third-order valence-electron chi connectivity index (χ3n) is 3.05. The summed E-state index contributed by atoms with van der Waals surface area (Å²) in [6.07, 6.45) is 1.97. The minimum Gasteiger partial charge on any atom is -0.504 e. The summed E-state index contributed by atoms with van der Waals surface area (Å²) in [4.78, 5) is 10.8. The average Bonchev–Trinajstić information content (AvgIpc) is 3.05. The summed E-state index contributed by atoms with van der Waals surface area (Å²) in [5, 5.41) is 18.2. The number of phenols is 1. The van der Waals surface area contributed by atoms with Crippen molar-refractivity contribution in [1.29, 1.82) is 0 Å². The number of benzene rings is 1. The van der Waals surface area contributed by atoms with E-state index in [0.29, 0.717) is 11.5 Å². The van der Waals surface area contributed by atoms with Crippen LogP contribution in [0.15, 0.2) is 16.6 Å². The normalized spacial score (nSPS) is 16.8. The molecule has 2 rings (SSSR count). The van der Waals surface area contributed by atoms with Gasteiger partial charge in [-0.15, -0.1) is 0 Å². The highest BCUT2D eigenvalue weighted by Gasteiger charge is 2.34. The van der Waals surface area contributed by atoms with Crippen LogP contribution >= 0.6 is 15.9 Å². The van der Waals surface area contributed by atoms with Gasteiger partial charge in [0, 0.05) is 0 Å². The van der Waals surface area contributed by atoms with Gasteiger partial charge in [0.2, 0.25) is 0 Å². The van der Waals surface area contributed by atoms with Gasteiger partial charge in [-0.25, -0.2) is 4.39 Å². The summed E-state index contributed by atoms with van der Waals surface area (Å²) in [5.74, 6) is -1.88. The van der Waals surface area contributed by atoms with Gasteiger partial charge < -0.3 is 10.2 Å². The fraction of sp³-hybridized carbons (Fsp3) is 0.417. The second kappa shape index (κ2) is 4.64. The van der Waals surface area contributed by atoms with E-state index in [1.807, 2.05) is 0 Å². The van der Waals surface area contributed by atoms with Crippen LogP contribution in [-0.2, 0) is 4.79 Å². The van der Waals surface area contributed by atoms with Gasteiger partial charge in [0.25, 0.3) is 0 Å². The van der Waals surface area contributed by atoms with Crippen LogP contribution in [0.25, 0.3) is 0 Å². The number of aliphatic carboxylic acids is 1. The third kappa shape index (κ3) is 2.77. The molecule has 1 aromatic carbocycles. The number of carboxylic acids is 1. The first-order valence-electron chi connectivity index (χ1n) is 5.38. The second-order valence-corrected chi connectivity index (χ2v) is 5.23. The van der Waals surface area contributed by atoms with Crippen molar-refractivity contribution < 1.29 is 19.4 Å². The number of phenolic OH excluding ortho intramolecular Hbond substituents is 1. The molecular weight excluding hydrogens is 291 g/mol. The summed E-state index contributed by atoms with van der Waals surface area (Å²) in [7, 11) is 0. The smallest absolute Gasteiger partial charge is 0.303 e. The number of aromatic hydroxyl groups is 1. The lowest BCUT2D eigenvalue weighted by molar-refractivity contribution is -0.137. The SMILES string of the molecule is O=C(O)CC(c1cc(F)c(O)c(Br)c1)C1CC1. The fourth-order valence-corrected chi connectivity index (χ4v) is 2.50. The summed E-state index contributed by atoms with van der Waals surface area (Å²) in [6.45, 7) is 0. The number of carbonyl (C=O) groups is 1.